The molecule has 0 fully saturated rings. The molecule has 0 aliphatic heterocycles. The fourth-order valence-electron chi connectivity index (χ4n) is 5.22. The Balaban J connectivity index is 5.38. The smallest absolute Gasteiger partial charge is 0.329 e. The normalized spacial score (nSPS) is 13.2. The third-order valence-electron chi connectivity index (χ3n) is 7.37. The number of likely N-dealkylation sites (N-methyl/N-ethyl adjacent to an activating group) is 2. The Morgan fingerprint density at radius 2 is 1.20 bits per heavy atom. The molecule has 2 amide bonds. The van der Waals surface area contributed by atoms with E-state index < -0.39 is 35.0 Å². The van der Waals surface area contributed by atoms with E-state index >= 15 is 0 Å². The van der Waals surface area contributed by atoms with Crippen molar-refractivity contribution in [3.8, 4) is 0 Å². The molecular weight excluding hydrogens is 681 g/mol. The number of ether oxygens (including phenoxy) is 3. The molecule has 292 valence electrons. The van der Waals surface area contributed by atoms with Crippen LogP contribution in [-0.2, 0) is 38.2 Å². The third kappa shape index (κ3) is 25.8. The number of rotatable bonds is 28. The summed E-state index contributed by atoms with van der Waals surface area (Å²) in [6.45, 7) is 15.0. The predicted octanol–water partition coefficient (Wildman–Crippen LogP) is 5.08. The van der Waals surface area contributed by atoms with E-state index in [1.165, 1.54) is 21.6 Å². The number of carbonyl (C=O) groups excluding carboxylic acids is 5. The summed E-state index contributed by atoms with van der Waals surface area (Å²) in [5, 5.41) is 5.63. The highest BCUT2D eigenvalue weighted by Crippen LogP contribution is 2.34. The highest BCUT2D eigenvalue weighted by atomic mass is 33.1. The topological polar surface area (TPSA) is 144 Å². The summed E-state index contributed by atoms with van der Waals surface area (Å²) in [6, 6.07) is -1.79. The molecule has 0 aromatic rings. The SMILES string of the molecule is CCCCCCCC(=O)OC(C)(C)CC(C)(C)CC(=O)N[C@@H](CSSC[C@H](NC(=O)CC(C)C)C(=O)OCCN(C)C)C(=O)OCCN(C)C. The Hall–Kier alpha value is -2.03. The van der Waals surface area contributed by atoms with Gasteiger partial charge in [0.15, 0.2) is 0 Å². The van der Waals surface area contributed by atoms with Crippen LogP contribution >= 0.6 is 21.6 Å². The zero-order chi connectivity index (χ0) is 38.3. The van der Waals surface area contributed by atoms with E-state index in [0.29, 0.717) is 25.9 Å². The number of nitrogens with one attached hydrogen (secondary N) is 2. The van der Waals surface area contributed by atoms with Crippen LogP contribution in [0, 0.1) is 11.3 Å². The molecule has 2 atom stereocenters. The molecule has 0 heterocycles. The molecule has 0 saturated carbocycles. The average molecular weight is 749 g/mol. The van der Waals surface area contributed by atoms with Crippen LogP contribution in [0.25, 0.3) is 0 Å². The number of hydrogen-bond donors (Lipinski definition) is 2. The van der Waals surface area contributed by atoms with Crippen molar-refractivity contribution in [3.05, 3.63) is 0 Å². The van der Waals surface area contributed by atoms with Crippen LogP contribution < -0.4 is 10.6 Å². The van der Waals surface area contributed by atoms with E-state index in [9.17, 15) is 24.0 Å². The Bertz CT molecular complexity index is 1020. The Labute approximate surface area is 310 Å². The van der Waals surface area contributed by atoms with Crippen molar-refractivity contribution in [2.75, 3.05) is 66.0 Å². The van der Waals surface area contributed by atoms with Crippen LogP contribution in [0.1, 0.15) is 106 Å². The van der Waals surface area contributed by atoms with Crippen molar-refractivity contribution < 1.29 is 38.2 Å². The summed E-state index contributed by atoms with van der Waals surface area (Å²) in [4.78, 5) is 68.0. The molecule has 0 spiro atoms. The number of esters is 3. The molecule has 0 aliphatic carbocycles. The van der Waals surface area contributed by atoms with Gasteiger partial charge in [0.2, 0.25) is 11.8 Å². The first kappa shape index (κ1) is 48.0. The predicted molar refractivity (Wildman–Crippen MR) is 204 cm³/mol. The fraction of sp³-hybridized carbons (Fsp3) is 0.861. The summed E-state index contributed by atoms with van der Waals surface area (Å²) in [5.74, 6) is -1.34. The lowest BCUT2D eigenvalue weighted by molar-refractivity contribution is -0.159. The van der Waals surface area contributed by atoms with Gasteiger partial charge in [-0.05, 0) is 66.2 Å². The van der Waals surface area contributed by atoms with E-state index in [1.54, 1.807) is 0 Å². The molecule has 0 aromatic heterocycles. The van der Waals surface area contributed by atoms with Crippen LogP contribution in [0.2, 0.25) is 0 Å². The molecule has 0 saturated heterocycles. The molecule has 0 unspecified atom stereocenters. The van der Waals surface area contributed by atoms with Gasteiger partial charge in [0.05, 0.1) is 0 Å². The van der Waals surface area contributed by atoms with Crippen LogP contribution in [0.5, 0.6) is 0 Å². The zero-order valence-corrected chi connectivity index (χ0v) is 34.4. The summed E-state index contributed by atoms with van der Waals surface area (Å²) >= 11 is 0. The second-order valence-corrected chi connectivity index (χ2v) is 17.8. The van der Waals surface area contributed by atoms with Gasteiger partial charge in [-0.15, -0.1) is 0 Å². The van der Waals surface area contributed by atoms with Crippen molar-refractivity contribution >= 4 is 51.3 Å². The maximum absolute atomic E-state index is 13.3. The first-order chi connectivity index (χ1) is 23.3. The van der Waals surface area contributed by atoms with E-state index in [0.717, 1.165) is 32.1 Å². The molecular formula is C36H68N4O8S2. The van der Waals surface area contributed by atoms with Gasteiger partial charge in [0, 0.05) is 43.9 Å². The van der Waals surface area contributed by atoms with Crippen molar-refractivity contribution in [2.45, 2.75) is 124 Å². The van der Waals surface area contributed by atoms with Crippen LogP contribution in [0.15, 0.2) is 0 Å². The van der Waals surface area contributed by atoms with Gasteiger partial charge in [0.25, 0.3) is 0 Å². The van der Waals surface area contributed by atoms with Crippen molar-refractivity contribution in [3.63, 3.8) is 0 Å². The molecule has 14 heteroatoms. The Morgan fingerprint density at radius 1 is 0.720 bits per heavy atom. The second kappa shape index (κ2) is 25.8. The van der Waals surface area contributed by atoms with E-state index in [4.69, 9.17) is 14.2 Å². The standard InChI is InChI=1S/C36H68N4O8S2/c1-12-13-14-15-16-17-32(43)48-36(6,7)26-35(4,5)23-31(42)38-29(34(45)47-21-19-40(10)11)25-50-49-24-28(37-30(41)22-27(2)3)33(44)46-20-18-39(8)9/h27-29H,12-26H2,1-11H3,(H,37,41)(H,38,42)/t28-,29-/m0/s1. The van der Waals surface area contributed by atoms with E-state index in [-0.39, 0.29) is 61.3 Å². The summed E-state index contributed by atoms with van der Waals surface area (Å²) in [6.07, 6.45) is 6.44. The molecule has 0 bridgehead atoms. The minimum Gasteiger partial charge on any atom is -0.463 e. The summed E-state index contributed by atoms with van der Waals surface area (Å²) in [7, 11) is 10.1. The first-order valence-corrected chi connectivity index (χ1v) is 20.4. The minimum absolute atomic E-state index is 0.104. The van der Waals surface area contributed by atoms with Crippen LogP contribution in [0.3, 0.4) is 0 Å². The van der Waals surface area contributed by atoms with Crippen molar-refractivity contribution in [1.29, 1.82) is 0 Å². The summed E-state index contributed by atoms with van der Waals surface area (Å²) in [5.41, 5.74) is -1.30. The van der Waals surface area contributed by atoms with E-state index in [2.05, 4.69) is 17.6 Å². The molecule has 50 heavy (non-hydrogen) atoms. The number of nitrogens with zero attached hydrogens (tertiary/aromatic N) is 2. The van der Waals surface area contributed by atoms with Gasteiger partial charge in [-0.25, -0.2) is 9.59 Å². The van der Waals surface area contributed by atoms with Crippen LogP contribution in [0.4, 0.5) is 0 Å². The quantitative estimate of drug-likeness (QED) is 0.0477. The fourth-order valence-corrected chi connectivity index (χ4v) is 7.51. The number of hydrogen-bond acceptors (Lipinski definition) is 12. The third-order valence-corrected chi connectivity index (χ3v) is 9.79. The van der Waals surface area contributed by atoms with E-state index in [1.807, 2.05) is 79.5 Å². The van der Waals surface area contributed by atoms with Gasteiger partial charge < -0.3 is 34.6 Å². The average Bonchev–Trinajstić information content (AvgIpc) is 2.95. The van der Waals surface area contributed by atoms with Gasteiger partial charge in [-0.1, -0.05) is 81.9 Å². The summed E-state index contributed by atoms with van der Waals surface area (Å²) < 4.78 is 16.7. The lowest BCUT2D eigenvalue weighted by Gasteiger charge is -2.34. The minimum atomic E-state index is -0.933. The molecule has 0 radical (unpaired) electrons. The van der Waals surface area contributed by atoms with Crippen LogP contribution in [-0.4, -0.2) is 123 Å². The largest absolute Gasteiger partial charge is 0.463 e. The number of unbranched alkanes of at least 4 members (excludes halogenated alkanes) is 4. The van der Waals surface area contributed by atoms with Crippen molar-refractivity contribution in [2.24, 2.45) is 11.3 Å². The van der Waals surface area contributed by atoms with Crippen molar-refractivity contribution in [1.82, 2.24) is 20.4 Å². The molecule has 0 rings (SSSR count). The van der Waals surface area contributed by atoms with Gasteiger partial charge in [0.1, 0.15) is 30.9 Å². The molecule has 0 aromatic carbocycles. The monoisotopic (exact) mass is 748 g/mol. The first-order valence-electron chi connectivity index (χ1n) is 17.9. The maximum atomic E-state index is 13.3. The molecule has 12 nitrogen and oxygen atoms in total. The van der Waals surface area contributed by atoms with Gasteiger partial charge in [-0.3, -0.25) is 14.4 Å². The van der Waals surface area contributed by atoms with Gasteiger partial charge >= 0.3 is 17.9 Å². The Morgan fingerprint density at radius 3 is 1.66 bits per heavy atom. The molecule has 0 aliphatic rings. The maximum Gasteiger partial charge on any atom is 0.329 e. The highest BCUT2D eigenvalue weighted by Gasteiger charge is 2.34. The highest BCUT2D eigenvalue weighted by molar-refractivity contribution is 8.76. The Kier molecular flexibility index (Phi) is 24.8. The lowest BCUT2D eigenvalue weighted by atomic mass is 9.79. The number of carbonyl (C=O) groups is 5. The lowest BCUT2D eigenvalue weighted by Crippen LogP contribution is -2.46. The molecule has 2 N–H and O–H groups in total. The second-order valence-electron chi connectivity index (χ2n) is 15.3. The van der Waals surface area contributed by atoms with Gasteiger partial charge in [-0.2, -0.15) is 0 Å². The zero-order valence-electron chi connectivity index (χ0n) is 32.8. The number of amides is 2.